The fraction of sp³-hybridized carbons (Fsp3) is 0.875. The largest absolute Gasteiger partial charge is 0.481 e. The fourth-order valence-corrected chi connectivity index (χ4v) is 2.45. The van der Waals surface area contributed by atoms with E-state index in [0.717, 1.165) is 19.3 Å². The second-order valence-electron chi connectivity index (χ2n) is 6.57. The van der Waals surface area contributed by atoms with Gasteiger partial charge in [0.25, 0.3) is 0 Å². The van der Waals surface area contributed by atoms with Gasteiger partial charge in [0.2, 0.25) is 5.91 Å². The standard InChI is InChI=1S/C16H32N2O3/c1-11(2)8-14(10-17)9-15(19)18-13(4)7-5-6-12(3)16(20)21/h11-14H,5-10,17H2,1-4H3,(H,18,19)(H,20,21). The molecule has 3 unspecified atom stereocenters. The van der Waals surface area contributed by atoms with Gasteiger partial charge in [0.05, 0.1) is 5.92 Å². The van der Waals surface area contributed by atoms with Crippen molar-refractivity contribution in [3.8, 4) is 0 Å². The van der Waals surface area contributed by atoms with Crippen LogP contribution < -0.4 is 11.1 Å². The van der Waals surface area contributed by atoms with Crippen molar-refractivity contribution in [1.29, 1.82) is 0 Å². The highest BCUT2D eigenvalue weighted by Crippen LogP contribution is 2.15. The minimum atomic E-state index is -0.758. The Labute approximate surface area is 128 Å². The highest BCUT2D eigenvalue weighted by atomic mass is 16.4. The Morgan fingerprint density at radius 2 is 1.76 bits per heavy atom. The van der Waals surface area contributed by atoms with Crippen LogP contribution in [0.15, 0.2) is 0 Å². The highest BCUT2D eigenvalue weighted by Gasteiger charge is 2.16. The van der Waals surface area contributed by atoms with Crippen molar-refractivity contribution in [2.45, 2.75) is 65.8 Å². The van der Waals surface area contributed by atoms with E-state index in [-0.39, 0.29) is 23.8 Å². The Bertz CT molecular complexity index is 319. The zero-order chi connectivity index (χ0) is 16.4. The van der Waals surface area contributed by atoms with Gasteiger partial charge in [-0.1, -0.05) is 27.2 Å². The summed E-state index contributed by atoms with van der Waals surface area (Å²) >= 11 is 0. The SMILES string of the molecule is CC(C)CC(CN)CC(=O)NC(C)CCCC(C)C(=O)O. The summed E-state index contributed by atoms with van der Waals surface area (Å²) in [4.78, 5) is 22.7. The molecule has 0 aromatic rings. The maximum Gasteiger partial charge on any atom is 0.306 e. The molecule has 0 spiro atoms. The van der Waals surface area contributed by atoms with E-state index in [1.807, 2.05) is 6.92 Å². The first-order chi connectivity index (χ1) is 9.76. The number of aliphatic carboxylic acids is 1. The molecule has 0 aliphatic heterocycles. The van der Waals surface area contributed by atoms with E-state index in [1.54, 1.807) is 6.92 Å². The van der Waals surface area contributed by atoms with Crippen LogP contribution in [0.2, 0.25) is 0 Å². The summed E-state index contributed by atoms with van der Waals surface area (Å²) in [5.41, 5.74) is 5.71. The average Bonchev–Trinajstić information content (AvgIpc) is 2.36. The van der Waals surface area contributed by atoms with Gasteiger partial charge in [-0.2, -0.15) is 0 Å². The third-order valence-electron chi connectivity index (χ3n) is 3.72. The van der Waals surface area contributed by atoms with Crippen LogP contribution in [0.3, 0.4) is 0 Å². The molecule has 21 heavy (non-hydrogen) atoms. The monoisotopic (exact) mass is 300 g/mol. The number of nitrogens with one attached hydrogen (secondary N) is 1. The first kappa shape index (κ1) is 19.9. The van der Waals surface area contributed by atoms with Gasteiger partial charge in [-0.25, -0.2) is 0 Å². The Morgan fingerprint density at radius 3 is 2.24 bits per heavy atom. The van der Waals surface area contributed by atoms with E-state index in [2.05, 4.69) is 19.2 Å². The van der Waals surface area contributed by atoms with Crippen molar-refractivity contribution in [3.63, 3.8) is 0 Å². The second kappa shape index (κ2) is 10.6. The summed E-state index contributed by atoms with van der Waals surface area (Å²) in [6, 6.07) is 0.0796. The molecule has 5 nitrogen and oxygen atoms in total. The van der Waals surface area contributed by atoms with Gasteiger partial charge >= 0.3 is 5.97 Å². The van der Waals surface area contributed by atoms with Gasteiger partial charge in [-0.15, -0.1) is 0 Å². The number of carboxylic acid groups (broad SMARTS) is 1. The summed E-state index contributed by atoms with van der Waals surface area (Å²) in [7, 11) is 0. The molecule has 5 heteroatoms. The lowest BCUT2D eigenvalue weighted by atomic mass is 9.94. The Kier molecular flexibility index (Phi) is 10.0. The summed E-state index contributed by atoms with van der Waals surface area (Å²) < 4.78 is 0. The molecule has 0 heterocycles. The number of carboxylic acids is 1. The normalized spacial score (nSPS) is 15.5. The molecule has 0 aliphatic carbocycles. The van der Waals surface area contributed by atoms with Crippen LogP contribution in [0.1, 0.15) is 59.8 Å². The van der Waals surface area contributed by atoms with Crippen LogP contribution in [-0.4, -0.2) is 29.6 Å². The molecule has 0 aromatic heterocycles. The Hall–Kier alpha value is -1.10. The zero-order valence-corrected chi connectivity index (χ0v) is 13.9. The van der Waals surface area contributed by atoms with Crippen LogP contribution in [0.25, 0.3) is 0 Å². The van der Waals surface area contributed by atoms with Gasteiger partial charge in [0.1, 0.15) is 0 Å². The van der Waals surface area contributed by atoms with Crippen LogP contribution in [0.4, 0.5) is 0 Å². The smallest absolute Gasteiger partial charge is 0.306 e. The van der Waals surface area contributed by atoms with E-state index in [1.165, 1.54) is 0 Å². The number of amides is 1. The molecule has 0 saturated carbocycles. The van der Waals surface area contributed by atoms with Crippen LogP contribution in [-0.2, 0) is 9.59 Å². The molecule has 3 atom stereocenters. The fourth-order valence-electron chi connectivity index (χ4n) is 2.45. The number of nitrogens with two attached hydrogens (primary N) is 1. The van der Waals surface area contributed by atoms with Gasteiger partial charge < -0.3 is 16.2 Å². The quantitative estimate of drug-likeness (QED) is 0.546. The maximum absolute atomic E-state index is 11.9. The number of hydrogen-bond acceptors (Lipinski definition) is 3. The Balaban J connectivity index is 3.95. The van der Waals surface area contributed by atoms with Crippen LogP contribution >= 0.6 is 0 Å². The number of hydrogen-bond donors (Lipinski definition) is 3. The molecule has 0 saturated heterocycles. The molecule has 0 fully saturated rings. The van der Waals surface area contributed by atoms with Crippen molar-refractivity contribution in [2.24, 2.45) is 23.5 Å². The van der Waals surface area contributed by atoms with Crippen molar-refractivity contribution < 1.29 is 14.7 Å². The van der Waals surface area contributed by atoms with E-state index in [9.17, 15) is 9.59 Å². The van der Waals surface area contributed by atoms with E-state index in [0.29, 0.717) is 25.3 Å². The lowest BCUT2D eigenvalue weighted by Gasteiger charge is -2.19. The summed E-state index contributed by atoms with van der Waals surface area (Å²) in [5, 5.41) is 11.8. The van der Waals surface area contributed by atoms with Crippen molar-refractivity contribution in [2.75, 3.05) is 6.54 Å². The lowest BCUT2D eigenvalue weighted by molar-refractivity contribution is -0.141. The Morgan fingerprint density at radius 1 is 1.14 bits per heavy atom. The number of carbonyl (C=O) groups excluding carboxylic acids is 1. The lowest BCUT2D eigenvalue weighted by Crippen LogP contribution is -2.35. The summed E-state index contributed by atoms with van der Waals surface area (Å²) in [5.74, 6) is -0.248. The van der Waals surface area contributed by atoms with Gasteiger partial charge in [0.15, 0.2) is 0 Å². The van der Waals surface area contributed by atoms with Crippen LogP contribution in [0, 0.1) is 17.8 Å². The predicted molar refractivity (Wildman–Crippen MR) is 84.9 cm³/mol. The minimum absolute atomic E-state index is 0.0462. The summed E-state index contributed by atoms with van der Waals surface area (Å²) in [6.45, 7) is 8.47. The van der Waals surface area contributed by atoms with Crippen molar-refractivity contribution in [3.05, 3.63) is 0 Å². The average molecular weight is 300 g/mol. The van der Waals surface area contributed by atoms with E-state index >= 15 is 0 Å². The molecule has 0 bridgehead atoms. The zero-order valence-electron chi connectivity index (χ0n) is 13.9. The topological polar surface area (TPSA) is 92.4 Å². The molecular formula is C16H32N2O3. The third kappa shape index (κ3) is 10.3. The molecule has 4 N–H and O–H groups in total. The second-order valence-corrected chi connectivity index (χ2v) is 6.57. The predicted octanol–water partition coefficient (Wildman–Crippen LogP) is 2.39. The van der Waals surface area contributed by atoms with Crippen molar-refractivity contribution >= 4 is 11.9 Å². The maximum atomic E-state index is 11.9. The third-order valence-corrected chi connectivity index (χ3v) is 3.72. The molecule has 124 valence electrons. The summed E-state index contributed by atoms with van der Waals surface area (Å²) in [6.07, 6.45) is 3.70. The molecule has 0 aromatic carbocycles. The molecular weight excluding hydrogens is 268 g/mol. The van der Waals surface area contributed by atoms with Gasteiger partial charge in [-0.05, 0) is 44.6 Å². The molecule has 0 radical (unpaired) electrons. The van der Waals surface area contributed by atoms with Gasteiger partial charge in [0, 0.05) is 12.5 Å². The van der Waals surface area contributed by atoms with Gasteiger partial charge in [-0.3, -0.25) is 9.59 Å². The number of carbonyl (C=O) groups is 2. The first-order valence-corrected chi connectivity index (χ1v) is 7.98. The van der Waals surface area contributed by atoms with Crippen molar-refractivity contribution in [1.82, 2.24) is 5.32 Å². The minimum Gasteiger partial charge on any atom is -0.481 e. The van der Waals surface area contributed by atoms with E-state index < -0.39 is 5.97 Å². The molecule has 0 rings (SSSR count). The number of rotatable bonds is 11. The molecule has 0 aliphatic rings. The van der Waals surface area contributed by atoms with Crippen LogP contribution in [0.5, 0.6) is 0 Å². The van der Waals surface area contributed by atoms with E-state index in [4.69, 9.17) is 10.8 Å². The molecule has 1 amide bonds. The highest BCUT2D eigenvalue weighted by molar-refractivity contribution is 5.76. The first-order valence-electron chi connectivity index (χ1n) is 7.98.